The van der Waals surface area contributed by atoms with Crippen molar-refractivity contribution >= 4 is 5.91 Å². The summed E-state index contributed by atoms with van der Waals surface area (Å²) in [5.41, 5.74) is 1.14. The molecule has 2 rings (SSSR count). The molecule has 2 N–H and O–H groups in total. The molecule has 1 amide bonds. The van der Waals surface area contributed by atoms with E-state index in [1.54, 1.807) is 0 Å². The summed E-state index contributed by atoms with van der Waals surface area (Å²) in [6.07, 6.45) is 6.17. The van der Waals surface area contributed by atoms with Crippen molar-refractivity contribution in [1.29, 1.82) is 0 Å². The van der Waals surface area contributed by atoms with Crippen molar-refractivity contribution in [1.82, 2.24) is 20.4 Å². The third-order valence-corrected chi connectivity index (χ3v) is 4.31. The minimum absolute atomic E-state index is 0.0196. The second kappa shape index (κ2) is 7.74. The van der Waals surface area contributed by atoms with Crippen molar-refractivity contribution in [3.05, 3.63) is 18.0 Å². The largest absolute Gasteiger partial charge is 0.376 e. The Morgan fingerprint density at radius 1 is 1.50 bits per heavy atom. The second-order valence-corrected chi connectivity index (χ2v) is 6.30. The van der Waals surface area contributed by atoms with Gasteiger partial charge in [-0.15, -0.1) is 0 Å². The second-order valence-electron chi connectivity index (χ2n) is 6.30. The van der Waals surface area contributed by atoms with Gasteiger partial charge in [-0.1, -0.05) is 0 Å². The molecule has 1 aliphatic heterocycles. The Bertz CT molecular complexity index is 482. The van der Waals surface area contributed by atoms with Gasteiger partial charge in [0.15, 0.2) is 0 Å². The molecule has 1 fully saturated rings. The quantitative estimate of drug-likeness (QED) is 0.799. The molecule has 6 nitrogen and oxygen atoms in total. The summed E-state index contributed by atoms with van der Waals surface area (Å²) in [4.78, 5) is 12.1. The molecule has 0 bridgehead atoms. The molecule has 0 aromatic carbocycles. The molecule has 4 atom stereocenters. The van der Waals surface area contributed by atoms with Crippen molar-refractivity contribution in [2.45, 2.75) is 64.8 Å². The van der Waals surface area contributed by atoms with Crippen LogP contribution in [0.2, 0.25) is 0 Å². The first-order valence-corrected chi connectivity index (χ1v) is 8.13. The van der Waals surface area contributed by atoms with E-state index in [1.807, 2.05) is 30.9 Å². The number of hydrogen-bond donors (Lipinski definition) is 2. The van der Waals surface area contributed by atoms with Gasteiger partial charge in [-0.3, -0.25) is 9.48 Å². The lowest BCUT2D eigenvalue weighted by Crippen LogP contribution is -2.49. The van der Waals surface area contributed by atoms with Gasteiger partial charge in [0.25, 0.3) is 0 Å². The van der Waals surface area contributed by atoms with Crippen LogP contribution in [0.1, 0.15) is 45.2 Å². The molecule has 0 aliphatic carbocycles. The van der Waals surface area contributed by atoms with Crippen LogP contribution in [-0.2, 0) is 9.53 Å². The van der Waals surface area contributed by atoms with Gasteiger partial charge >= 0.3 is 0 Å². The number of amides is 1. The number of aryl methyl sites for hydroxylation is 1. The zero-order valence-corrected chi connectivity index (χ0v) is 14.0. The van der Waals surface area contributed by atoms with Gasteiger partial charge in [0.2, 0.25) is 5.91 Å². The minimum Gasteiger partial charge on any atom is -0.376 e. The Labute approximate surface area is 132 Å². The first-order chi connectivity index (χ1) is 10.5. The van der Waals surface area contributed by atoms with Gasteiger partial charge in [0, 0.05) is 25.4 Å². The zero-order valence-electron chi connectivity index (χ0n) is 14.0. The lowest BCUT2D eigenvalue weighted by molar-refractivity contribution is -0.123. The van der Waals surface area contributed by atoms with E-state index in [9.17, 15) is 4.79 Å². The number of nitrogens with zero attached hydrogens (tertiary/aromatic N) is 2. The number of carbonyl (C=O) groups excluding carboxylic acids is 1. The van der Waals surface area contributed by atoms with E-state index in [-0.39, 0.29) is 30.1 Å². The maximum absolute atomic E-state index is 12.1. The number of ether oxygens (including phenoxy) is 1. The maximum Gasteiger partial charge on any atom is 0.236 e. The predicted molar refractivity (Wildman–Crippen MR) is 85.7 cm³/mol. The molecule has 1 aliphatic rings. The van der Waals surface area contributed by atoms with Gasteiger partial charge in [0.1, 0.15) is 0 Å². The minimum atomic E-state index is -0.240. The number of aromatic nitrogens is 2. The summed E-state index contributed by atoms with van der Waals surface area (Å²) in [5.74, 6) is 0.0196. The van der Waals surface area contributed by atoms with Crippen LogP contribution >= 0.6 is 0 Å². The summed E-state index contributed by atoms with van der Waals surface area (Å²) in [7, 11) is 0. The van der Waals surface area contributed by atoms with Crippen molar-refractivity contribution in [2.24, 2.45) is 0 Å². The lowest BCUT2D eigenvalue weighted by Gasteiger charge is -2.25. The Morgan fingerprint density at radius 2 is 2.27 bits per heavy atom. The third-order valence-electron chi connectivity index (χ3n) is 4.31. The van der Waals surface area contributed by atoms with Crippen LogP contribution in [0.4, 0.5) is 0 Å². The Hall–Kier alpha value is -1.40. The van der Waals surface area contributed by atoms with Crippen LogP contribution in [0.5, 0.6) is 0 Å². The summed E-state index contributed by atoms with van der Waals surface area (Å²) >= 11 is 0. The molecule has 1 saturated heterocycles. The van der Waals surface area contributed by atoms with Crippen molar-refractivity contribution in [3.8, 4) is 0 Å². The molecule has 1 aromatic rings. The first kappa shape index (κ1) is 17.0. The summed E-state index contributed by atoms with van der Waals surface area (Å²) in [6.45, 7) is 9.50. The van der Waals surface area contributed by atoms with Crippen molar-refractivity contribution in [3.63, 3.8) is 0 Å². The molecule has 0 unspecified atom stereocenters. The average molecular weight is 308 g/mol. The summed E-state index contributed by atoms with van der Waals surface area (Å²) < 4.78 is 7.45. The number of nitrogens with one attached hydrogen (secondary N) is 2. The van der Waals surface area contributed by atoms with E-state index in [2.05, 4.69) is 29.6 Å². The van der Waals surface area contributed by atoms with Crippen LogP contribution < -0.4 is 10.6 Å². The van der Waals surface area contributed by atoms with Crippen LogP contribution in [-0.4, -0.2) is 47.0 Å². The Balaban J connectivity index is 1.76. The molecule has 6 heteroatoms. The number of rotatable bonds is 7. The molecule has 22 heavy (non-hydrogen) atoms. The van der Waals surface area contributed by atoms with Gasteiger partial charge in [-0.05, 0) is 46.1 Å². The molecule has 1 aromatic heterocycles. The molecule has 124 valence electrons. The molecular weight excluding hydrogens is 280 g/mol. The van der Waals surface area contributed by atoms with Crippen molar-refractivity contribution in [2.75, 3.05) is 13.2 Å². The van der Waals surface area contributed by atoms with Crippen LogP contribution in [0.25, 0.3) is 0 Å². The van der Waals surface area contributed by atoms with E-state index < -0.39 is 0 Å². The lowest BCUT2D eigenvalue weighted by atomic mass is 10.1. The van der Waals surface area contributed by atoms with Gasteiger partial charge in [-0.25, -0.2) is 0 Å². The Morgan fingerprint density at radius 3 is 2.86 bits per heavy atom. The molecule has 0 saturated carbocycles. The van der Waals surface area contributed by atoms with E-state index in [1.165, 1.54) is 0 Å². The van der Waals surface area contributed by atoms with Crippen LogP contribution in [0.15, 0.2) is 12.4 Å². The highest BCUT2D eigenvalue weighted by atomic mass is 16.5. The number of carbonyl (C=O) groups is 1. The van der Waals surface area contributed by atoms with Crippen LogP contribution in [0.3, 0.4) is 0 Å². The number of hydrogen-bond acceptors (Lipinski definition) is 4. The van der Waals surface area contributed by atoms with Crippen LogP contribution in [0, 0.1) is 6.92 Å². The smallest absolute Gasteiger partial charge is 0.236 e. The molecular formula is C16H28N4O2. The first-order valence-electron chi connectivity index (χ1n) is 8.13. The fraction of sp³-hybridized carbons (Fsp3) is 0.750. The fourth-order valence-electron chi connectivity index (χ4n) is 2.67. The predicted octanol–water partition coefficient (Wildman–Crippen LogP) is 1.41. The van der Waals surface area contributed by atoms with Crippen molar-refractivity contribution < 1.29 is 9.53 Å². The van der Waals surface area contributed by atoms with E-state index in [0.717, 1.165) is 25.0 Å². The third kappa shape index (κ3) is 4.55. The average Bonchev–Trinajstić information content (AvgIpc) is 3.15. The SMILES string of the molecule is Cc1cnn([C@H](C)[C@H](C)N[C@@H](C)C(=O)NC[C@@H]2CCCO2)c1. The standard InChI is InChI=1S/C16H28N4O2/c1-11-8-18-20(10-11)14(4)12(2)19-13(3)16(21)17-9-15-6-5-7-22-15/h8,10,12-15,19H,5-7,9H2,1-4H3,(H,17,21)/t12-,13-,14+,15-/m0/s1. The van der Waals surface area contributed by atoms with Gasteiger partial charge in [-0.2, -0.15) is 5.10 Å². The van der Waals surface area contributed by atoms with Gasteiger partial charge < -0.3 is 15.4 Å². The van der Waals surface area contributed by atoms with E-state index in [0.29, 0.717) is 6.54 Å². The molecule has 0 spiro atoms. The monoisotopic (exact) mass is 308 g/mol. The zero-order chi connectivity index (χ0) is 16.1. The molecule has 0 radical (unpaired) electrons. The van der Waals surface area contributed by atoms with E-state index in [4.69, 9.17) is 4.74 Å². The summed E-state index contributed by atoms with van der Waals surface area (Å²) in [5, 5.41) is 10.6. The van der Waals surface area contributed by atoms with E-state index >= 15 is 0 Å². The highest BCUT2D eigenvalue weighted by Gasteiger charge is 2.22. The summed E-state index contributed by atoms with van der Waals surface area (Å²) in [6, 6.07) is 0.0837. The highest BCUT2D eigenvalue weighted by Crippen LogP contribution is 2.12. The maximum atomic E-state index is 12.1. The van der Waals surface area contributed by atoms with Gasteiger partial charge in [0.05, 0.1) is 24.4 Å². The fourth-order valence-corrected chi connectivity index (χ4v) is 2.67. The molecule has 2 heterocycles. The highest BCUT2D eigenvalue weighted by molar-refractivity contribution is 5.81. The Kier molecular flexibility index (Phi) is 5.97. The topological polar surface area (TPSA) is 68.2 Å². The normalized spacial score (nSPS) is 22.3.